The molecule has 7 nitrogen and oxygen atoms in total. The van der Waals surface area contributed by atoms with Crippen molar-refractivity contribution >= 4 is 17.8 Å². The van der Waals surface area contributed by atoms with Crippen LogP contribution in [-0.2, 0) is 9.59 Å². The van der Waals surface area contributed by atoms with Crippen molar-refractivity contribution < 1.29 is 19.5 Å². The van der Waals surface area contributed by atoms with Gasteiger partial charge in [0.15, 0.2) is 0 Å². The predicted octanol–water partition coefficient (Wildman–Crippen LogP) is -0.0159. The molecule has 0 aromatic carbocycles. The molecule has 0 aliphatic carbocycles. The molecule has 0 unspecified atom stereocenters. The summed E-state index contributed by atoms with van der Waals surface area (Å²) in [7, 11) is 0. The van der Waals surface area contributed by atoms with E-state index in [4.69, 9.17) is 5.11 Å². The number of nitrogens with one attached hydrogen (secondary N) is 2. The van der Waals surface area contributed by atoms with Crippen LogP contribution >= 0.6 is 0 Å². The Morgan fingerprint density at radius 1 is 1.40 bits per heavy atom. The normalized spacial score (nSPS) is 18.1. The molecule has 1 fully saturated rings. The molecule has 0 radical (unpaired) electrons. The SMILES string of the molecule is CC(C)(CCO)NC(=O)CCN1C(=O)NC(C)(C)C1=O. The highest BCUT2D eigenvalue weighted by molar-refractivity contribution is 6.06. The first-order valence-corrected chi connectivity index (χ1v) is 6.65. The van der Waals surface area contributed by atoms with Crippen molar-refractivity contribution in [1.29, 1.82) is 0 Å². The first-order valence-electron chi connectivity index (χ1n) is 6.65. The number of rotatable bonds is 6. The van der Waals surface area contributed by atoms with Crippen molar-refractivity contribution in [3.63, 3.8) is 0 Å². The van der Waals surface area contributed by atoms with Crippen molar-refractivity contribution in [3.05, 3.63) is 0 Å². The van der Waals surface area contributed by atoms with Gasteiger partial charge >= 0.3 is 6.03 Å². The molecule has 20 heavy (non-hydrogen) atoms. The quantitative estimate of drug-likeness (QED) is 0.597. The van der Waals surface area contributed by atoms with Crippen LogP contribution in [-0.4, -0.2) is 52.1 Å². The minimum atomic E-state index is -0.913. The Labute approximate surface area is 118 Å². The molecule has 114 valence electrons. The smallest absolute Gasteiger partial charge is 0.325 e. The number of aliphatic hydroxyl groups is 1. The summed E-state index contributed by atoms with van der Waals surface area (Å²) in [5.74, 6) is -0.585. The van der Waals surface area contributed by atoms with Crippen molar-refractivity contribution in [2.45, 2.75) is 51.6 Å². The lowest BCUT2D eigenvalue weighted by atomic mass is 10.0. The predicted molar refractivity (Wildman–Crippen MR) is 72.9 cm³/mol. The molecule has 0 atom stereocenters. The van der Waals surface area contributed by atoms with E-state index in [0.717, 1.165) is 4.90 Å². The number of nitrogens with zero attached hydrogens (tertiary/aromatic N) is 1. The van der Waals surface area contributed by atoms with Crippen LogP contribution in [0.5, 0.6) is 0 Å². The van der Waals surface area contributed by atoms with E-state index >= 15 is 0 Å². The van der Waals surface area contributed by atoms with E-state index in [-0.39, 0.29) is 31.4 Å². The zero-order valence-electron chi connectivity index (χ0n) is 12.4. The molecule has 1 aliphatic heterocycles. The molecular formula is C13H23N3O4. The van der Waals surface area contributed by atoms with Crippen molar-refractivity contribution in [2.24, 2.45) is 0 Å². The maximum absolute atomic E-state index is 11.9. The average molecular weight is 285 g/mol. The second-order valence-electron chi connectivity index (χ2n) is 6.17. The van der Waals surface area contributed by atoms with Crippen LogP contribution in [0.15, 0.2) is 0 Å². The summed E-state index contributed by atoms with van der Waals surface area (Å²) in [5.41, 5.74) is -1.42. The fourth-order valence-corrected chi connectivity index (χ4v) is 2.02. The standard InChI is InChI=1S/C13H23N3O4/c1-12(2,6-8-17)14-9(18)5-7-16-10(19)13(3,4)15-11(16)20/h17H,5-8H2,1-4H3,(H,14,18)(H,15,20). The van der Waals surface area contributed by atoms with E-state index in [2.05, 4.69) is 10.6 Å². The Morgan fingerprint density at radius 3 is 2.45 bits per heavy atom. The number of carbonyl (C=O) groups is 3. The average Bonchev–Trinajstić information content (AvgIpc) is 2.45. The number of imide groups is 1. The van der Waals surface area contributed by atoms with E-state index in [1.54, 1.807) is 27.7 Å². The molecule has 1 rings (SSSR count). The highest BCUT2D eigenvalue weighted by Gasteiger charge is 2.44. The number of hydrogen-bond donors (Lipinski definition) is 3. The Kier molecular flexibility index (Phi) is 4.75. The zero-order valence-corrected chi connectivity index (χ0v) is 12.4. The molecule has 4 amide bonds. The highest BCUT2D eigenvalue weighted by Crippen LogP contribution is 2.16. The van der Waals surface area contributed by atoms with E-state index in [0.29, 0.717) is 6.42 Å². The molecule has 0 aromatic rings. The first kappa shape index (κ1) is 16.4. The topological polar surface area (TPSA) is 98.7 Å². The van der Waals surface area contributed by atoms with E-state index in [9.17, 15) is 14.4 Å². The van der Waals surface area contributed by atoms with Crippen LogP contribution in [0.1, 0.15) is 40.5 Å². The molecule has 1 aliphatic rings. The summed E-state index contributed by atoms with van der Waals surface area (Å²) >= 11 is 0. The number of carbonyl (C=O) groups excluding carboxylic acids is 3. The van der Waals surface area contributed by atoms with E-state index in [1.807, 2.05) is 0 Å². The highest BCUT2D eigenvalue weighted by atomic mass is 16.3. The van der Waals surface area contributed by atoms with Crippen LogP contribution in [0, 0.1) is 0 Å². The zero-order chi connectivity index (χ0) is 15.6. The second kappa shape index (κ2) is 5.78. The molecule has 0 spiro atoms. The van der Waals surface area contributed by atoms with E-state index in [1.165, 1.54) is 0 Å². The van der Waals surface area contributed by atoms with Gasteiger partial charge in [0.2, 0.25) is 5.91 Å². The van der Waals surface area contributed by atoms with Gasteiger partial charge in [-0.1, -0.05) is 0 Å². The van der Waals surface area contributed by atoms with Gasteiger partial charge in [-0.05, 0) is 34.1 Å². The maximum atomic E-state index is 11.9. The third kappa shape index (κ3) is 3.93. The molecule has 0 bridgehead atoms. The molecule has 7 heteroatoms. The van der Waals surface area contributed by atoms with Gasteiger partial charge in [-0.15, -0.1) is 0 Å². The number of hydrogen-bond acceptors (Lipinski definition) is 4. The Hall–Kier alpha value is -1.63. The van der Waals surface area contributed by atoms with E-state index < -0.39 is 17.1 Å². The van der Waals surface area contributed by atoms with Gasteiger partial charge < -0.3 is 15.7 Å². The van der Waals surface area contributed by atoms with Gasteiger partial charge in [-0.25, -0.2) is 4.79 Å². The third-order valence-electron chi connectivity index (χ3n) is 3.22. The van der Waals surface area contributed by atoms with Crippen molar-refractivity contribution in [2.75, 3.05) is 13.2 Å². The number of aliphatic hydroxyl groups excluding tert-OH is 1. The van der Waals surface area contributed by atoms with Crippen LogP contribution in [0.25, 0.3) is 0 Å². The van der Waals surface area contributed by atoms with Crippen molar-refractivity contribution in [1.82, 2.24) is 15.5 Å². The van der Waals surface area contributed by atoms with Gasteiger partial charge in [0.25, 0.3) is 5.91 Å². The third-order valence-corrected chi connectivity index (χ3v) is 3.22. The van der Waals surface area contributed by atoms with Gasteiger partial charge in [-0.3, -0.25) is 14.5 Å². The van der Waals surface area contributed by atoms with Crippen molar-refractivity contribution in [3.8, 4) is 0 Å². The number of amides is 4. The van der Waals surface area contributed by atoms with Gasteiger partial charge in [-0.2, -0.15) is 0 Å². The minimum absolute atomic E-state index is 0.0194. The summed E-state index contributed by atoms with van der Waals surface area (Å²) in [6.07, 6.45) is 0.485. The summed E-state index contributed by atoms with van der Waals surface area (Å²) in [5, 5.41) is 14.2. The molecule has 1 saturated heterocycles. The fourth-order valence-electron chi connectivity index (χ4n) is 2.02. The largest absolute Gasteiger partial charge is 0.396 e. The molecule has 3 N–H and O–H groups in total. The van der Waals surface area contributed by atoms with Crippen LogP contribution in [0.4, 0.5) is 4.79 Å². The van der Waals surface area contributed by atoms with Crippen LogP contribution in [0.2, 0.25) is 0 Å². The summed E-state index contributed by atoms with van der Waals surface area (Å²) in [6.45, 7) is 6.88. The second-order valence-corrected chi connectivity index (χ2v) is 6.17. The van der Waals surface area contributed by atoms with Crippen LogP contribution < -0.4 is 10.6 Å². The molecular weight excluding hydrogens is 262 g/mol. The van der Waals surface area contributed by atoms with Gasteiger partial charge in [0.1, 0.15) is 5.54 Å². The monoisotopic (exact) mass is 285 g/mol. The lowest BCUT2D eigenvalue weighted by Gasteiger charge is -2.25. The summed E-state index contributed by atoms with van der Waals surface area (Å²) in [4.78, 5) is 36.4. The Morgan fingerprint density at radius 2 is 2.00 bits per heavy atom. The summed E-state index contributed by atoms with van der Waals surface area (Å²) < 4.78 is 0. The fraction of sp³-hybridized carbons (Fsp3) is 0.769. The Balaban J connectivity index is 2.50. The van der Waals surface area contributed by atoms with Crippen LogP contribution in [0.3, 0.4) is 0 Å². The lowest BCUT2D eigenvalue weighted by Crippen LogP contribution is -2.45. The molecule has 0 saturated carbocycles. The number of urea groups is 1. The van der Waals surface area contributed by atoms with Gasteiger partial charge in [0, 0.05) is 25.1 Å². The molecule has 1 heterocycles. The maximum Gasteiger partial charge on any atom is 0.325 e. The molecule has 0 aromatic heterocycles. The Bertz CT molecular complexity index is 418. The van der Waals surface area contributed by atoms with Gasteiger partial charge in [0.05, 0.1) is 0 Å². The first-order chi connectivity index (χ1) is 9.09. The lowest BCUT2D eigenvalue weighted by molar-refractivity contribution is -0.130. The minimum Gasteiger partial charge on any atom is -0.396 e. The summed E-state index contributed by atoms with van der Waals surface area (Å²) in [6, 6.07) is -0.470.